The van der Waals surface area contributed by atoms with Gasteiger partial charge in [-0.25, -0.2) is 4.79 Å². The molecule has 0 bridgehead atoms. The maximum Gasteiger partial charge on any atom is 0.337 e. The van der Waals surface area contributed by atoms with Crippen LogP contribution >= 0.6 is 23.2 Å². The van der Waals surface area contributed by atoms with Gasteiger partial charge >= 0.3 is 6.03 Å². The Morgan fingerprint density at radius 2 is 1.75 bits per heavy atom. The monoisotopic (exact) mass is 309 g/mol. The van der Waals surface area contributed by atoms with Gasteiger partial charge in [-0.3, -0.25) is 10.9 Å². The van der Waals surface area contributed by atoms with Gasteiger partial charge in [0.1, 0.15) is 0 Å². The number of nitrogens with one attached hydrogen (secondary N) is 3. The number of aryl methyl sites for hydroxylation is 1. The number of benzene rings is 2. The summed E-state index contributed by atoms with van der Waals surface area (Å²) < 4.78 is 0. The van der Waals surface area contributed by atoms with Crippen LogP contribution in [0.2, 0.25) is 10.0 Å². The van der Waals surface area contributed by atoms with Crippen molar-refractivity contribution in [2.24, 2.45) is 0 Å². The highest BCUT2D eigenvalue weighted by Gasteiger charge is 2.04. The Morgan fingerprint density at radius 3 is 2.40 bits per heavy atom. The molecule has 0 aliphatic heterocycles. The van der Waals surface area contributed by atoms with E-state index < -0.39 is 0 Å². The van der Waals surface area contributed by atoms with Crippen LogP contribution in [0.5, 0.6) is 0 Å². The largest absolute Gasteiger partial charge is 0.337 e. The van der Waals surface area contributed by atoms with Crippen molar-refractivity contribution in [1.29, 1.82) is 0 Å². The number of hydrazine groups is 1. The van der Waals surface area contributed by atoms with Crippen LogP contribution in [0, 0.1) is 6.92 Å². The lowest BCUT2D eigenvalue weighted by atomic mass is 10.2. The fraction of sp³-hybridized carbons (Fsp3) is 0.0714. The van der Waals surface area contributed by atoms with Gasteiger partial charge in [-0.05, 0) is 37.3 Å². The third-order valence-electron chi connectivity index (χ3n) is 2.55. The van der Waals surface area contributed by atoms with E-state index in [1.807, 2.05) is 31.2 Å². The summed E-state index contributed by atoms with van der Waals surface area (Å²) in [7, 11) is 0. The molecule has 4 nitrogen and oxygen atoms in total. The van der Waals surface area contributed by atoms with Crippen LogP contribution in [0.4, 0.5) is 16.2 Å². The molecule has 0 aliphatic rings. The van der Waals surface area contributed by atoms with Gasteiger partial charge < -0.3 is 5.32 Å². The molecule has 0 radical (unpaired) electrons. The van der Waals surface area contributed by atoms with Gasteiger partial charge in [0.2, 0.25) is 0 Å². The van der Waals surface area contributed by atoms with Crippen LogP contribution in [0.25, 0.3) is 0 Å². The molecule has 6 heteroatoms. The van der Waals surface area contributed by atoms with E-state index in [1.165, 1.54) is 0 Å². The minimum absolute atomic E-state index is 0.389. The first-order valence-corrected chi connectivity index (χ1v) is 6.65. The average Bonchev–Trinajstić information content (AvgIpc) is 2.40. The number of hydrogen-bond acceptors (Lipinski definition) is 2. The van der Waals surface area contributed by atoms with Crippen LogP contribution in [0.3, 0.4) is 0 Å². The maximum atomic E-state index is 11.7. The van der Waals surface area contributed by atoms with Crippen molar-refractivity contribution in [3.8, 4) is 0 Å². The van der Waals surface area contributed by atoms with Gasteiger partial charge in [0.25, 0.3) is 0 Å². The highest BCUT2D eigenvalue weighted by molar-refractivity contribution is 6.36. The zero-order chi connectivity index (χ0) is 14.5. The van der Waals surface area contributed by atoms with Gasteiger partial charge in [-0.2, -0.15) is 0 Å². The Labute approximate surface area is 127 Å². The van der Waals surface area contributed by atoms with Crippen molar-refractivity contribution in [2.45, 2.75) is 6.92 Å². The first kappa shape index (κ1) is 14.5. The molecule has 2 amide bonds. The minimum atomic E-state index is -0.389. The summed E-state index contributed by atoms with van der Waals surface area (Å²) in [5.41, 5.74) is 7.61. The molecule has 0 fully saturated rings. The molecule has 2 rings (SSSR count). The molecular weight excluding hydrogens is 297 g/mol. The number of amides is 2. The third-order valence-corrected chi connectivity index (χ3v) is 3.10. The fourth-order valence-corrected chi connectivity index (χ4v) is 1.97. The Morgan fingerprint density at radius 1 is 1.05 bits per heavy atom. The number of carbonyl (C=O) groups is 1. The summed E-state index contributed by atoms with van der Waals surface area (Å²) in [6.45, 7) is 1.98. The van der Waals surface area contributed by atoms with E-state index in [1.54, 1.807) is 18.2 Å². The second-order valence-electron chi connectivity index (χ2n) is 4.19. The zero-order valence-electron chi connectivity index (χ0n) is 10.7. The first-order valence-electron chi connectivity index (χ1n) is 5.89. The molecule has 0 aliphatic carbocycles. The summed E-state index contributed by atoms with van der Waals surface area (Å²) in [5, 5.41) is 3.64. The van der Waals surface area contributed by atoms with E-state index >= 15 is 0 Å². The Hall–Kier alpha value is -1.91. The van der Waals surface area contributed by atoms with Gasteiger partial charge in [0.15, 0.2) is 0 Å². The van der Waals surface area contributed by atoms with E-state index in [-0.39, 0.29) is 6.03 Å². The summed E-state index contributed by atoms with van der Waals surface area (Å²) in [6.07, 6.45) is 0. The normalized spacial score (nSPS) is 9.95. The Bertz CT molecular complexity index is 614. The summed E-state index contributed by atoms with van der Waals surface area (Å²) in [5.74, 6) is 0. The molecule has 0 atom stereocenters. The summed E-state index contributed by atoms with van der Waals surface area (Å²) in [6, 6.07) is 12.0. The van der Waals surface area contributed by atoms with E-state index in [9.17, 15) is 4.79 Å². The topological polar surface area (TPSA) is 53.2 Å². The molecule has 104 valence electrons. The number of urea groups is 1. The molecule has 0 unspecified atom stereocenters. The van der Waals surface area contributed by atoms with Crippen LogP contribution in [0.1, 0.15) is 5.56 Å². The van der Waals surface area contributed by atoms with E-state index in [0.717, 1.165) is 5.56 Å². The molecule has 0 saturated carbocycles. The van der Waals surface area contributed by atoms with E-state index in [0.29, 0.717) is 21.4 Å². The van der Waals surface area contributed by atoms with Crippen molar-refractivity contribution in [2.75, 3.05) is 10.7 Å². The SMILES string of the molecule is Cc1ccc(NC(=O)NNc2ccc(Cl)cc2Cl)cc1. The van der Waals surface area contributed by atoms with Crippen molar-refractivity contribution in [1.82, 2.24) is 5.43 Å². The number of hydrogen-bond donors (Lipinski definition) is 3. The highest BCUT2D eigenvalue weighted by atomic mass is 35.5. The van der Waals surface area contributed by atoms with Crippen molar-refractivity contribution in [3.05, 3.63) is 58.1 Å². The molecule has 2 aromatic carbocycles. The first-order chi connectivity index (χ1) is 9.54. The quantitative estimate of drug-likeness (QED) is 0.734. The molecular formula is C14H13Cl2N3O. The predicted octanol–water partition coefficient (Wildman–Crippen LogP) is 4.45. The fourth-order valence-electron chi connectivity index (χ4n) is 1.51. The van der Waals surface area contributed by atoms with Gasteiger partial charge in [0, 0.05) is 10.7 Å². The van der Waals surface area contributed by atoms with E-state index in [2.05, 4.69) is 16.2 Å². The second kappa shape index (κ2) is 6.50. The summed E-state index contributed by atoms with van der Waals surface area (Å²) >= 11 is 11.8. The third kappa shape index (κ3) is 4.05. The molecule has 0 aromatic heterocycles. The van der Waals surface area contributed by atoms with Crippen LogP contribution < -0.4 is 16.2 Å². The van der Waals surface area contributed by atoms with Crippen LogP contribution in [-0.4, -0.2) is 6.03 Å². The predicted molar refractivity (Wildman–Crippen MR) is 83.4 cm³/mol. The van der Waals surface area contributed by atoms with Crippen molar-refractivity contribution < 1.29 is 4.79 Å². The molecule has 2 aromatic rings. The van der Waals surface area contributed by atoms with Crippen molar-refractivity contribution >= 4 is 40.6 Å². The number of halogens is 2. The lowest BCUT2D eigenvalue weighted by Crippen LogP contribution is -2.33. The Balaban J connectivity index is 1.90. The van der Waals surface area contributed by atoms with Crippen LogP contribution in [0.15, 0.2) is 42.5 Å². The average molecular weight is 310 g/mol. The lowest BCUT2D eigenvalue weighted by Gasteiger charge is -2.11. The van der Waals surface area contributed by atoms with Gasteiger partial charge in [-0.15, -0.1) is 0 Å². The number of carbonyl (C=O) groups excluding carboxylic acids is 1. The second-order valence-corrected chi connectivity index (χ2v) is 5.04. The standard InChI is InChI=1S/C14H13Cl2N3O/c1-9-2-5-11(6-3-9)17-14(20)19-18-13-7-4-10(15)8-12(13)16/h2-8,18H,1H3,(H2,17,19,20). The highest BCUT2D eigenvalue weighted by Crippen LogP contribution is 2.24. The smallest absolute Gasteiger partial charge is 0.307 e. The zero-order valence-corrected chi connectivity index (χ0v) is 12.2. The lowest BCUT2D eigenvalue weighted by molar-refractivity contribution is 0.254. The van der Waals surface area contributed by atoms with Gasteiger partial charge in [0.05, 0.1) is 10.7 Å². The van der Waals surface area contributed by atoms with Crippen molar-refractivity contribution in [3.63, 3.8) is 0 Å². The number of anilines is 2. The summed E-state index contributed by atoms with van der Waals surface area (Å²) in [4.78, 5) is 11.7. The molecule has 0 spiro atoms. The minimum Gasteiger partial charge on any atom is -0.307 e. The number of rotatable bonds is 3. The molecule has 0 heterocycles. The molecule has 0 saturated heterocycles. The van der Waals surface area contributed by atoms with Crippen LogP contribution in [-0.2, 0) is 0 Å². The Kier molecular flexibility index (Phi) is 4.71. The molecule has 20 heavy (non-hydrogen) atoms. The van der Waals surface area contributed by atoms with E-state index in [4.69, 9.17) is 23.2 Å². The van der Waals surface area contributed by atoms with Gasteiger partial charge in [-0.1, -0.05) is 40.9 Å². The maximum absolute atomic E-state index is 11.7. The molecule has 3 N–H and O–H groups in total.